The van der Waals surface area contributed by atoms with Gasteiger partial charge in [0.1, 0.15) is 23.2 Å². The van der Waals surface area contributed by atoms with Gasteiger partial charge in [0, 0.05) is 15.7 Å². The van der Waals surface area contributed by atoms with Crippen LogP contribution in [0.1, 0.15) is 5.56 Å². The Morgan fingerprint density at radius 3 is 2.52 bits per heavy atom. The molecular weight excluding hydrogens is 431 g/mol. The molecule has 7 heteroatoms. The fraction of sp³-hybridized carbons (Fsp3) is 0. The summed E-state index contributed by atoms with van der Waals surface area (Å²) in [6, 6.07) is 10.2. The Hall–Kier alpha value is -2.17. The third kappa shape index (κ3) is 4.41. The van der Waals surface area contributed by atoms with Gasteiger partial charge in [0.05, 0.1) is 4.47 Å². The number of anilines is 1. The van der Waals surface area contributed by atoms with E-state index in [1.807, 2.05) is 0 Å². The first-order valence-corrected chi connectivity index (χ1v) is 7.86. The average molecular weight is 440 g/mol. The molecule has 1 amide bonds. The molecule has 0 heterocycles. The summed E-state index contributed by atoms with van der Waals surface area (Å²) in [6.07, 6.45) is 1.27. The predicted octanol–water partition coefficient (Wildman–Crippen LogP) is 4.60. The van der Waals surface area contributed by atoms with Crippen molar-refractivity contribution in [1.29, 1.82) is 5.26 Å². The summed E-state index contributed by atoms with van der Waals surface area (Å²) in [5.74, 6) is -1.17. The van der Waals surface area contributed by atoms with E-state index in [1.54, 1.807) is 18.2 Å². The molecule has 0 aliphatic carbocycles. The second-order valence-electron chi connectivity index (χ2n) is 4.46. The van der Waals surface area contributed by atoms with Gasteiger partial charge < -0.3 is 10.4 Å². The van der Waals surface area contributed by atoms with Crippen LogP contribution in [-0.2, 0) is 4.79 Å². The first-order chi connectivity index (χ1) is 10.9. The number of phenolic OH excluding ortho intramolecular Hbond substituents is 1. The van der Waals surface area contributed by atoms with Crippen molar-refractivity contribution in [2.24, 2.45) is 0 Å². The molecule has 0 bridgehead atoms. The number of amides is 1. The predicted molar refractivity (Wildman–Crippen MR) is 92.1 cm³/mol. The van der Waals surface area contributed by atoms with E-state index in [2.05, 4.69) is 37.2 Å². The lowest BCUT2D eigenvalue weighted by molar-refractivity contribution is -0.112. The second kappa shape index (κ2) is 7.40. The topological polar surface area (TPSA) is 73.1 Å². The van der Waals surface area contributed by atoms with E-state index >= 15 is 0 Å². The van der Waals surface area contributed by atoms with Gasteiger partial charge in [0.15, 0.2) is 0 Å². The molecule has 0 atom stereocenters. The summed E-state index contributed by atoms with van der Waals surface area (Å²) in [6.45, 7) is 0. The lowest BCUT2D eigenvalue weighted by Gasteiger charge is -2.06. The van der Waals surface area contributed by atoms with Crippen molar-refractivity contribution in [3.63, 3.8) is 0 Å². The van der Waals surface area contributed by atoms with E-state index in [9.17, 15) is 14.3 Å². The first kappa shape index (κ1) is 17.2. The molecule has 0 fully saturated rings. The minimum atomic E-state index is -0.658. The number of carbonyl (C=O) groups is 1. The smallest absolute Gasteiger partial charge is 0.266 e. The average Bonchev–Trinajstić information content (AvgIpc) is 2.51. The van der Waals surface area contributed by atoms with E-state index in [4.69, 9.17) is 5.26 Å². The van der Waals surface area contributed by atoms with Gasteiger partial charge in [-0.15, -0.1) is 0 Å². The quantitative estimate of drug-likeness (QED) is 0.542. The molecule has 2 N–H and O–H groups in total. The highest BCUT2D eigenvalue weighted by Crippen LogP contribution is 2.33. The fourth-order valence-corrected chi connectivity index (χ4v) is 2.99. The van der Waals surface area contributed by atoms with Crippen LogP contribution >= 0.6 is 31.9 Å². The molecule has 0 saturated heterocycles. The van der Waals surface area contributed by atoms with Crippen LogP contribution in [0.5, 0.6) is 5.75 Å². The molecule has 0 aromatic heterocycles. The van der Waals surface area contributed by atoms with Gasteiger partial charge in [0.2, 0.25) is 0 Å². The van der Waals surface area contributed by atoms with Crippen LogP contribution in [0.3, 0.4) is 0 Å². The summed E-state index contributed by atoms with van der Waals surface area (Å²) >= 11 is 6.45. The Kier molecular flexibility index (Phi) is 5.53. The number of rotatable bonds is 3. The van der Waals surface area contributed by atoms with Gasteiger partial charge in [-0.2, -0.15) is 5.26 Å². The second-order valence-corrected chi connectivity index (χ2v) is 6.23. The van der Waals surface area contributed by atoms with E-state index in [1.165, 1.54) is 30.3 Å². The van der Waals surface area contributed by atoms with Crippen molar-refractivity contribution >= 4 is 49.5 Å². The van der Waals surface area contributed by atoms with Crippen LogP contribution in [0.4, 0.5) is 10.1 Å². The number of nitriles is 1. The maximum atomic E-state index is 12.8. The maximum absolute atomic E-state index is 12.8. The Labute approximate surface area is 148 Å². The number of aromatic hydroxyl groups is 1. The third-order valence-corrected chi connectivity index (χ3v) is 3.89. The molecule has 2 aromatic carbocycles. The zero-order valence-electron chi connectivity index (χ0n) is 11.5. The van der Waals surface area contributed by atoms with Crippen molar-refractivity contribution in [2.45, 2.75) is 0 Å². The van der Waals surface area contributed by atoms with E-state index in [-0.39, 0.29) is 11.3 Å². The van der Waals surface area contributed by atoms with E-state index in [0.29, 0.717) is 20.2 Å². The van der Waals surface area contributed by atoms with Crippen LogP contribution in [0, 0.1) is 17.1 Å². The van der Waals surface area contributed by atoms with Crippen LogP contribution < -0.4 is 5.32 Å². The molecule has 2 aromatic rings. The van der Waals surface area contributed by atoms with Gasteiger partial charge >= 0.3 is 0 Å². The highest BCUT2D eigenvalue weighted by atomic mass is 79.9. The number of carbonyl (C=O) groups excluding carboxylic acids is 1. The molecule has 0 spiro atoms. The molecule has 0 aliphatic rings. The number of phenols is 1. The Morgan fingerprint density at radius 2 is 1.91 bits per heavy atom. The Morgan fingerprint density at radius 1 is 1.26 bits per heavy atom. The van der Waals surface area contributed by atoms with Gasteiger partial charge in [-0.1, -0.05) is 15.9 Å². The Balaban J connectivity index is 2.30. The van der Waals surface area contributed by atoms with Gasteiger partial charge in [-0.05, 0) is 58.4 Å². The van der Waals surface area contributed by atoms with Crippen LogP contribution in [0.2, 0.25) is 0 Å². The number of benzene rings is 2. The summed E-state index contributed by atoms with van der Waals surface area (Å²) < 4.78 is 13.9. The van der Waals surface area contributed by atoms with Gasteiger partial charge in [0.25, 0.3) is 5.91 Å². The van der Waals surface area contributed by atoms with Crippen molar-refractivity contribution < 1.29 is 14.3 Å². The van der Waals surface area contributed by atoms with Crippen molar-refractivity contribution in [1.82, 2.24) is 0 Å². The largest absolute Gasteiger partial charge is 0.506 e. The monoisotopic (exact) mass is 438 g/mol. The summed E-state index contributed by atoms with van der Waals surface area (Å²) in [4.78, 5) is 12.1. The molecule has 4 nitrogen and oxygen atoms in total. The number of hydrogen-bond acceptors (Lipinski definition) is 3. The molecule has 0 radical (unpaired) electrons. The Bertz CT molecular complexity index is 827. The minimum Gasteiger partial charge on any atom is -0.506 e. The normalized spacial score (nSPS) is 11.0. The summed E-state index contributed by atoms with van der Waals surface area (Å²) in [7, 11) is 0. The lowest BCUT2D eigenvalue weighted by Crippen LogP contribution is -2.13. The highest BCUT2D eigenvalue weighted by Gasteiger charge is 2.12. The number of nitrogens with zero attached hydrogens (tertiary/aromatic N) is 1. The third-order valence-electron chi connectivity index (χ3n) is 2.82. The molecule has 116 valence electrons. The molecule has 2 rings (SSSR count). The lowest BCUT2D eigenvalue weighted by atomic mass is 10.1. The SMILES string of the molecule is N#C/C(=C/c1cc(Br)cc(Br)c1O)C(=O)Nc1ccc(F)cc1. The minimum absolute atomic E-state index is 0.0875. The molecule has 0 saturated carbocycles. The zero-order valence-corrected chi connectivity index (χ0v) is 14.7. The summed E-state index contributed by atoms with van der Waals surface area (Å²) in [5, 5.41) is 21.6. The van der Waals surface area contributed by atoms with Gasteiger partial charge in [-0.3, -0.25) is 4.79 Å². The molecule has 0 unspecified atom stereocenters. The first-order valence-electron chi connectivity index (χ1n) is 6.27. The number of halogens is 3. The van der Waals surface area contributed by atoms with Crippen LogP contribution in [0.25, 0.3) is 6.08 Å². The zero-order chi connectivity index (χ0) is 17.0. The number of hydrogen-bond donors (Lipinski definition) is 2. The standard InChI is InChI=1S/C16H9Br2FN2O2/c17-11-6-9(15(22)14(18)7-11)5-10(8-20)16(23)21-13-3-1-12(19)2-4-13/h1-7,22H,(H,21,23)/b10-5-. The summed E-state index contributed by atoms with van der Waals surface area (Å²) in [5.41, 5.74) is 0.462. The van der Waals surface area contributed by atoms with Crippen LogP contribution in [-0.4, -0.2) is 11.0 Å². The van der Waals surface area contributed by atoms with Crippen LogP contribution in [0.15, 0.2) is 50.9 Å². The van der Waals surface area contributed by atoms with Crippen molar-refractivity contribution in [2.75, 3.05) is 5.32 Å². The van der Waals surface area contributed by atoms with E-state index < -0.39 is 11.7 Å². The van der Waals surface area contributed by atoms with Crippen molar-refractivity contribution in [3.05, 3.63) is 62.3 Å². The molecule has 23 heavy (non-hydrogen) atoms. The van der Waals surface area contributed by atoms with E-state index in [0.717, 1.165) is 0 Å². The van der Waals surface area contributed by atoms with Crippen molar-refractivity contribution in [3.8, 4) is 11.8 Å². The molecular formula is C16H9Br2FN2O2. The maximum Gasteiger partial charge on any atom is 0.266 e. The highest BCUT2D eigenvalue weighted by molar-refractivity contribution is 9.11. The molecule has 0 aliphatic heterocycles. The fourth-order valence-electron chi connectivity index (χ4n) is 1.73. The number of nitrogens with one attached hydrogen (secondary N) is 1. The van der Waals surface area contributed by atoms with Gasteiger partial charge in [-0.25, -0.2) is 4.39 Å².